The monoisotopic (exact) mass is 450 g/mol. The fourth-order valence-corrected chi connectivity index (χ4v) is 2.42. The number of nitrogens with one attached hydrogen (secondary N) is 4. The quantitative estimate of drug-likeness (QED) is 0.202. The van der Waals surface area contributed by atoms with Crippen LogP contribution in [-0.2, 0) is 0 Å². The molecule has 2 rings (SSSR count). The molecule has 2 atom stereocenters. The number of nitrogens with zero attached hydrogens (tertiary/aromatic N) is 2. The van der Waals surface area contributed by atoms with Gasteiger partial charge in [-0.25, -0.2) is 0 Å². The van der Waals surface area contributed by atoms with E-state index in [-0.39, 0.29) is 36.5 Å². The lowest BCUT2D eigenvalue weighted by Crippen LogP contribution is -2.40. The third-order valence-corrected chi connectivity index (χ3v) is 5.03. The molecule has 4 N–H and O–H groups in total. The average molecular weight is 451 g/mol. The number of anilines is 2. The lowest BCUT2D eigenvalue weighted by Gasteiger charge is -2.28. The number of para-hydroxylation sites is 2. The van der Waals surface area contributed by atoms with Crippen LogP contribution in [0.5, 0.6) is 0 Å². The van der Waals surface area contributed by atoms with Gasteiger partial charge >= 0.3 is 0 Å². The Balaban J connectivity index is 0.00000420. The first-order valence-electron chi connectivity index (χ1n) is 9.59. The van der Waals surface area contributed by atoms with E-state index in [4.69, 9.17) is 10.8 Å². The smallest absolute Gasteiger partial charge is 0.135 e. The number of amidine groups is 2. The fraction of sp³-hybridized carbons (Fsp3) is 0.364. The second-order valence-corrected chi connectivity index (χ2v) is 7.19. The van der Waals surface area contributed by atoms with Gasteiger partial charge in [0.05, 0.1) is 0 Å². The maximum Gasteiger partial charge on any atom is 0.135 e. The highest BCUT2D eigenvalue weighted by atomic mass is 35.5. The summed E-state index contributed by atoms with van der Waals surface area (Å²) in [5, 5.41) is 32.3. The summed E-state index contributed by atoms with van der Waals surface area (Å²) in [5.74, 6) is 0.567. The molecule has 0 fully saturated rings. The molecule has 0 saturated carbocycles. The van der Waals surface area contributed by atoms with Gasteiger partial charge in [-0.05, 0) is 51.0 Å². The Hall–Kier alpha value is -2.44. The average Bonchev–Trinajstić information content (AvgIpc) is 2.73. The molecule has 2 aromatic rings. The van der Waals surface area contributed by atoms with Crippen molar-refractivity contribution in [3.8, 4) is 0 Å². The van der Waals surface area contributed by atoms with Crippen molar-refractivity contribution in [2.75, 3.05) is 10.6 Å². The number of rotatable bonds is 8. The molecule has 0 aliphatic rings. The van der Waals surface area contributed by atoms with Crippen molar-refractivity contribution < 1.29 is 0 Å². The minimum absolute atomic E-state index is 0. The van der Waals surface area contributed by atoms with E-state index >= 15 is 0 Å². The van der Waals surface area contributed by atoms with Crippen LogP contribution in [0.4, 0.5) is 11.4 Å². The van der Waals surface area contributed by atoms with Crippen molar-refractivity contribution in [3.63, 3.8) is 0 Å². The zero-order valence-electron chi connectivity index (χ0n) is 17.9. The van der Waals surface area contributed by atoms with Crippen LogP contribution in [0.15, 0.2) is 70.9 Å². The molecule has 0 aliphatic heterocycles. The lowest BCUT2D eigenvalue weighted by molar-refractivity contribution is 0.491. The second-order valence-electron chi connectivity index (χ2n) is 7.19. The Morgan fingerprint density at radius 3 is 1.27 bits per heavy atom. The molecule has 30 heavy (non-hydrogen) atoms. The zero-order valence-corrected chi connectivity index (χ0v) is 19.5. The SMILES string of the molecule is CCC(C)(/N=N/C(C)(CC)C(=N)Nc1ccccc1)C(=N)Nc1ccccc1.Cl.Cl. The van der Waals surface area contributed by atoms with E-state index in [0.29, 0.717) is 12.8 Å². The molecular formula is C22H32Cl2N6. The van der Waals surface area contributed by atoms with Gasteiger partial charge in [0.1, 0.15) is 22.7 Å². The summed E-state index contributed by atoms with van der Waals surface area (Å²) in [5.41, 5.74) is 0.108. The summed E-state index contributed by atoms with van der Waals surface area (Å²) in [6.45, 7) is 7.74. The minimum Gasteiger partial charge on any atom is -0.342 e. The Bertz CT molecular complexity index is 759. The molecule has 6 nitrogen and oxygen atoms in total. The molecular weight excluding hydrogens is 419 g/mol. The maximum absolute atomic E-state index is 8.50. The summed E-state index contributed by atoms with van der Waals surface area (Å²) in [6.07, 6.45) is 1.24. The largest absolute Gasteiger partial charge is 0.342 e. The summed E-state index contributed by atoms with van der Waals surface area (Å²) in [7, 11) is 0. The molecule has 0 heterocycles. The number of hydrogen-bond acceptors (Lipinski definition) is 4. The molecule has 0 saturated heterocycles. The Labute approximate surface area is 191 Å². The van der Waals surface area contributed by atoms with Crippen LogP contribution in [-0.4, -0.2) is 22.7 Å². The topological polar surface area (TPSA) is 96.5 Å². The van der Waals surface area contributed by atoms with Crippen molar-refractivity contribution in [2.24, 2.45) is 10.2 Å². The van der Waals surface area contributed by atoms with Crippen molar-refractivity contribution in [3.05, 3.63) is 60.7 Å². The predicted molar refractivity (Wildman–Crippen MR) is 132 cm³/mol. The van der Waals surface area contributed by atoms with E-state index in [1.807, 2.05) is 88.4 Å². The number of azo groups is 1. The van der Waals surface area contributed by atoms with Gasteiger partial charge in [0.25, 0.3) is 0 Å². The van der Waals surface area contributed by atoms with Crippen molar-refractivity contribution in [2.45, 2.75) is 51.6 Å². The molecule has 164 valence electrons. The second kappa shape index (κ2) is 12.3. The van der Waals surface area contributed by atoms with Gasteiger partial charge in [-0.1, -0.05) is 50.2 Å². The first kappa shape index (κ1) is 27.6. The van der Waals surface area contributed by atoms with Crippen LogP contribution < -0.4 is 10.6 Å². The first-order chi connectivity index (χ1) is 13.3. The van der Waals surface area contributed by atoms with Crippen LogP contribution in [0.3, 0.4) is 0 Å². The zero-order chi connectivity index (χ0) is 20.6. The van der Waals surface area contributed by atoms with E-state index in [9.17, 15) is 0 Å². The molecule has 8 heteroatoms. The summed E-state index contributed by atoms with van der Waals surface area (Å²) in [4.78, 5) is 0. The van der Waals surface area contributed by atoms with Gasteiger partial charge in [-0.15, -0.1) is 24.8 Å². The van der Waals surface area contributed by atoms with Gasteiger partial charge in [0, 0.05) is 11.4 Å². The maximum atomic E-state index is 8.50. The van der Waals surface area contributed by atoms with E-state index in [1.165, 1.54) is 0 Å². The number of hydrogen-bond donors (Lipinski definition) is 4. The van der Waals surface area contributed by atoms with Gasteiger partial charge < -0.3 is 10.6 Å². The van der Waals surface area contributed by atoms with Crippen LogP contribution >= 0.6 is 24.8 Å². The van der Waals surface area contributed by atoms with E-state index < -0.39 is 11.1 Å². The van der Waals surface area contributed by atoms with Gasteiger partial charge in [-0.2, -0.15) is 10.2 Å². The molecule has 0 spiro atoms. The number of benzene rings is 2. The highest BCUT2D eigenvalue weighted by Crippen LogP contribution is 2.25. The fourth-order valence-electron chi connectivity index (χ4n) is 2.42. The third kappa shape index (κ3) is 7.11. The van der Waals surface area contributed by atoms with Crippen LogP contribution in [0.2, 0.25) is 0 Å². The Morgan fingerprint density at radius 1 is 0.700 bits per heavy atom. The van der Waals surface area contributed by atoms with Crippen molar-refractivity contribution >= 4 is 47.9 Å². The van der Waals surface area contributed by atoms with Gasteiger partial charge in [0.15, 0.2) is 0 Å². The standard InChI is InChI=1S/C22H30N6.2ClH/c1-5-21(3,19(23)25-17-13-9-7-10-14-17)27-28-22(4,6-2)20(24)26-18-15-11-8-12-16-18;;/h7-16H,5-6H2,1-4H3,(H2,23,25)(H2,24,26);2*1H/b28-27+;;. The highest BCUT2D eigenvalue weighted by molar-refractivity contribution is 6.01. The Morgan fingerprint density at radius 2 is 1.00 bits per heavy atom. The first-order valence-corrected chi connectivity index (χ1v) is 9.59. The molecule has 0 aliphatic carbocycles. The molecule has 2 aromatic carbocycles. The van der Waals surface area contributed by atoms with Crippen molar-refractivity contribution in [1.29, 1.82) is 10.8 Å². The van der Waals surface area contributed by atoms with Crippen LogP contribution in [0.25, 0.3) is 0 Å². The summed E-state index contributed by atoms with van der Waals surface area (Å²) >= 11 is 0. The lowest BCUT2D eigenvalue weighted by atomic mass is 9.96. The van der Waals surface area contributed by atoms with E-state index in [2.05, 4.69) is 20.9 Å². The van der Waals surface area contributed by atoms with Gasteiger partial charge in [0.2, 0.25) is 0 Å². The summed E-state index contributed by atoms with van der Waals surface area (Å²) in [6, 6.07) is 19.2. The molecule has 0 radical (unpaired) electrons. The van der Waals surface area contributed by atoms with Gasteiger partial charge in [-0.3, -0.25) is 10.8 Å². The molecule has 2 unspecified atom stereocenters. The van der Waals surface area contributed by atoms with Crippen LogP contribution in [0.1, 0.15) is 40.5 Å². The predicted octanol–water partition coefficient (Wildman–Crippen LogP) is 6.80. The van der Waals surface area contributed by atoms with Crippen molar-refractivity contribution in [1.82, 2.24) is 0 Å². The minimum atomic E-state index is -0.792. The molecule has 0 aromatic heterocycles. The molecule has 0 bridgehead atoms. The molecule has 0 amide bonds. The highest BCUT2D eigenvalue weighted by Gasteiger charge is 2.32. The third-order valence-electron chi connectivity index (χ3n) is 5.03. The van der Waals surface area contributed by atoms with E-state index in [0.717, 1.165) is 11.4 Å². The van der Waals surface area contributed by atoms with E-state index in [1.54, 1.807) is 0 Å². The van der Waals surface area contributed by atoms with Crippen LogP contribution in [0, 0.1) is 10.8 Å². The Kier molecular flexibility index (Phi) is 11.3. The number of halogens is 2. The summed E-state index contributed by atoms with van der Waals surface area (Å²) < 4.78 is 0. The normalized spacial score (nSPS) is 14.4.